The number of hydrogen-bond donors (Lipinski definition) is 0. The zero-order valence-corrected chi connectivity index (χ0v) is 16.2. The maximum Gasteiger partial charge on any atom is 0.226 e. The van der Waals surface area contributed by atoms with Crippen LogP contribution < -0.4 is 4.90 Å². The van der Waals surface area contributed by atoms with Crippen LogP contribution >= 0.6 is 11.3 Å². The molecule has 1 amide bonds. The SMILES string of the molecule is CCC(=O)N(C)c1ccc(-c2nc(C(=O)CCc3cccnc3)cs2)cc1. The van der Waals surface area contributed by atoms with Crippen molar-refractivity contribution in [2.45, 2.75) is 26.2 Å². The Morgan fingerprint density at radius 2 is 1.93 bits per heavy atom. The van der Waals surface area contributed by atoms with Gasteiger partial charge in [-0.25, -0.2) is 4.98 Å². The molecule has 5 nitrogen and oxygen atoms in total. The number of anilines is 1. The minimum Gasteiger partial charge on any atom is -0.316 e. The topological polar surface area (TPSA) is 63.2 Å². The molecule has 1 aromatic carbocycles. The first-order valence-electron chi connectivity index (χ1n) is 8.83. The molecule has 2 aromatic heterocycles. The van der Waals surface area contributed by atoms with E-state index < -0.39 is 0 Å². The van der Waals surface area contributed by atoms with Gasteiger partial charge < -0.3 is 4.90 Å². The predicted molar refractivity (Wildman–Crippen MR) is 108 cm³/mol. The standard InChI is InChI=1S/C21H21N3O2S/c1-3-20(26)24(2)17-9-7-16(8-10-17)21-23-18(14-27-21)19(25)11-6-15-5-4-12-22-13-15/h4-5,7-10,12-14H,3,6,11H2,1-2H3. The van der Waals surface area contributed by atoms with Crippen LogP contribution in [0.25, 0.3) is 10.6 Å². The third kappa shape index (κ3) is 4.65. The van der Waals surface area contributed by atoms with Crippen molar-refractivity contribution in [2.75, 3.05) is 11.9 Å². The number of rotatable bonds is 7. The number of hydrogen-bond acceptors (Lipinski definition) is 5. The van der Waals surface area contributed by atoms with E-state index in [4.69, 9.17) is 0 Å². The van der Waals surface area contributed by atoms with Crippen molar-refractivity contribution >= 4 is 28.7 Å². The predicted octanol–water partition coefficient (Wildman–Crippen LogP) is 4.39. The van der Waals surface area contributed by atoms with Crippen LogP contribution in [0.5, 0.6) is 0 Å². The zero-order chi connectivity index (χ0) is 19.2. The molecule has 0 saturated heterocycles. The molecule has 0 fully saturated rings. The largest absolute Gasteiger partial charge is 0.316 e. The van der Waals surface area contributed by atoms with Gasteiger partial charge in [0, 0.05) is 48.9 Å². The van der Waals surface area contributed by atoms with Gasteiger partial charge in [0.25, 0.3) is 0 Å². The van der Waals surface area contributed by atoms with E-state index in [0.717, 1.165) is 21.8 Å². The number of aryl methyl sites for hydroxylation is 1. The summed E-state index contributed by atoms with van der Waals surface area (Å²) in [5.74, 6) is 0.102. The summed E-state index contributed by atoms with van der Waals surface area (Å²) >= 11 is 1.45. The van der Waals surface area contributed by atoms with Crippen molar-refractivity contribution in [1.29, 1.82) is 0 Å². The molecule has 0 saturated carbocycles. The fraction of sp³-hybridized carbons (Fsp3) is 0.238. The van der Waals surface area contributed by atoms with E-state index in [1.165, 1.54) is 11.3 Å². The molecule has 0 atom stereocenters. The lowest BCUT2D eigenvalue weighted by atomic mass is 10.1. The third-order valence-electron chi connectivity index (χ3n) is 4.33. The number of aromatic nitrogens is 2. The molecule has 6 heteroatoms. The number of carbonyl (C=O) groups is 2. The molecule has 0 aliphatic rings. The summed E-state index contributed by atoms with van der Waals surface area (Å²) in [7, 11) is 1.77. The fourth-order valence-corrected chi connectivity index (χ4v) is 3.51. The number of ketones is 1. The Balaban J connectivity index is 1.66. The highest BCUT2D eigenvalue weighted by Gasteiger charge is 2.13. The van der Waals surface area contributed by atoms with Gasteiger partial charge in [0.2, 0.25) is 5.91 Å². The minimum atomic E-state index is 0.0336. The molecule has 0 aliphatic heterocycles. The first-order valence-corrected chi connectivity index (χ1v) is 9.71. The first kappa shape index (κ1) is 18.9. The van der Waals surface area contributed by atoms with Crippen molar-refractivity contribution in [3.05, 3.63) is 65.4 Å². The Hall–Kier alpha value is -2.86. The Morgan fingerprint density at radius 1 is 1.15 bits per heavy atom. The third-order valence-corrected chi connectivity index (χ3v) is 5.22. The summed E-state index contributed by atoms with van der Waals surface area (Å²) in [4.78, 5) is 34.4. The Labute approximate surface area is 162 Å². The first-order chi connectivity index (χ1) is 13.1. The second kappa shape index (κ2) is 8.68. The van der Waals surface area contributed by atoms with Crippen molar-refractivity contribution in [1.82, 2.24) is 9.97 Å². The molecule has 0 aliphatic carbocycles. The van der Waals surface area contributed by atoms with Gasteiger partial charge in [0.05, 0.1) is 0 Å². The summed E-state index contributed by atoms with van der Waals surface area (Å²) in [6.45, 7) is 1.84. The number of nitrogens with zero attached hydrogens (tertiary/aromatic N) is 3. The Kier molecular flexibility index (Phi) is 6.08. The second-order valence-corrected chi connectivity index (χ2v) is 7.03. The summed E-state index contributed by atoms with van der Waals surface area (Å²) in [5, 5.41) is 2.61. The smallest absolute Gasteiger partial charge is 0.226 e. The van der Waals surface area contributed by atoms with Crippen molar-refractivity contribution in [2.24, 2.45) is 0 Å². The maximum atomic E-state index is 12.4. The normalized spacial score (nSPS) is 10.6. The van der Waals surface area contributed by atoms with E-state index in [0.29, 0.717) is 25.0 Å². The Morgan fingerprint density at radius 3 is 2.59 bits per heavy atom. The molecule has 0 spiro atoms. The van der Waals surface area contributed by atoms with Gasteiger partial charge in [0.15, 0.2) is 5.78 Å². The highest BCUT2D eigenvalue weighted by atomic mass is 32.1. The average molecular weight is 379 g/mol. The fourth-order valence-electron chi connectivity index (χ4n) is 2.68. The van der Waals surface area contributed by atoms with Crippen LogP contribution in [0.2, 0.25) is 0 Å². The van der Waals surface area contributed by atoms with E-state index >= 15 is 0 Å². The molecule has 27 heavy (non-hydrogen) atoms. The van der Waals surface area contributed by atoms with Gasteiger partial charge in [-0.05, 0) is 42.3 Å². The highest BCUT2D eigenvalue weighted by Crippen LogP contribution is 2.26. The van der Waals surface area contributed by atoms with Crippen molar-refractivity contribution in [3.63, 3.8) is 0 Å². The van der Waals surface area contributed by atoms with Crippen molar-refractivity contribution in [3.8, 4) is 10.6 Å². The van der Waals surface area contributed by atoms with Gasteiger partial charge in [-0.3, -0.25) is 14.6 Å². The van der Waals surface area contributed by atoms with Gasteiger partial charge >= 0.3 is 0 Å². The van der Waals surface area contributed by atoms with Crippen LogP contribution in [0, 0.1) is 0 Å². The molecular formula is C21H21N3O2S. The molecule has 0 unspecified atom stereocenters. The van der Waals surface area contributed by atoms with Crippen molar-refractivity contribution < 1.29 is 9.59 Å². The zero-order valence-electron chi connectivity index (χ0n) is 15.4. The second-order valence-electron chi connectivity index (χ2n) is 6.18. The van der Waals surface area contributed by atoms with Crippen LogP contribution in [0.1, 0.15) is 35.8 Å². The lowest BCUT2D eigenvalue weighted by Gasteiger charge is -2.16. The number of pyridine rings is 1. The van der Waals surface area contributed by atoms with Gasteiger partial charge in [-0.15, -0.1) is 11.3 Å². The number of benzene rings is 1. The van der Waals surface area contributed by atoms with E-state index in [-0.39, 0.29) is 11.7 Å². The van der Waals surface area contributed by atoms with Crippen LogP contribution in [0.4, 0.5) is 5.69 Å². The van der Waals surface area contributed by atoms with Crippen LogP contribution in [0.3, 0.4) is 0 Å². The summed E-state index contributed by atoms with van der Waals surface area (Å²) in [5.41, 5.74) is 3.33. The molecule has 3 rings (SSSR count). The highest BCUT2D eigenvalue weighted by molar-refractivity contribution is 7.13. The van der Waals surface area contributed by atoms with Crippen LogP contribution in [0.15, 0.2) is 54.2 Å². The summed E-state index contributed by atoms with van der Waals surface area (Å²) in [6, 6.07) is 11.5. The molecule has 138 valence electrons. The van der Waals surface area contributed by atoms with Gasteiger partial charge in [-0.2, -0.15) is 0 Å². The number of amides is 1. The van der Waals surface area contributed by atoms with Gasteiger partial charge in [0.1, 0.15) is 10.7 Å². The van der Waals surface area contributed by atoms with E-state index in [9.17, 15) is 9.59 Å². The van der Waals surface area contributed by atoms with Gasteiger partial charge in [-0.1, -0.05) is 13.0 Å². The molecule has 0 N–H and O–H groups in total. The lowest BCUT2D eigenvalue weighted by molar-refractivity contribution is -0.118. The molecule has 3 aromatic rings. The lowest BCUT2D eigenvalue weighted by Crippen LogP contribution is -2.24. The van der Waals surface area contributed by atoms with E-state index in [1.807, 2.05) is 48.7 Å². The quantitative estimate of drug-likeness (QED) is 0.571. The Bertz CT molecular complexity index is 920. The number of thiazole rings is 1. The number of Topliss-reactive ketones (excluding diaryl/α,β-unsaturated/α-hetero) is 1. The average Bonchev–Trinajstić information content (AvgIpc) is 3.22. The monoisotopic (exact) mass is 379 g/mol. The summed E-state index contributed by atoms with van der Waals surface area (Å²) in [6.07, 6.45) is 5.04. The molecule has 0 radical (unpaired) electrons. The molecule has 0 bridgehead atoms. The maximum absolute atomic E-state index is 12.4. The van der Waals surface area contributed by atoms with E-state index in [1.54, 1.807) is 24.3 Å². The molecule has 2 heterocycles. The summed E-state index contributed by atoms with van der Waals surface area (Å²) < 4.78 is 0. The molecular weight excluding hydrogens is 358 g/mol. The van der Waals surface area contributed by atoms with Crippen LogP contribution in [-0.2, 0) is 11.2 Å². The number of carbonyl (C=O) groups excluding carboxylic acids is 2. The minimum absolute atomic E-state index is 0.0336. The van der Waals surface area contributed by atoms with E-state index in [2.05, 4.69) is 9.97 Å². The van der Waals surface area contributed by atoms with Crippen LogP contribution in [-0.4, -0.2) is 28.7 Å².